The van der Waals surface area contributed by atoms with Crippen LogP contribution in [-0.4, -0.2) is 48.7 Å². The number of halogens is 1. The summed E-state index contributed by atoms with van der Waals surface area (Å²) < 4.78 is 24.9. The van der Waals surface area contributed by atoms with Crippen LogP contribution in [0.15, 0.2) is 152 Å². The zero-order valence-electron chi connectivity index (χ0n) is 38.0. The van der Waals surface area contributed by atoms with Gasteiger partial charge in [-0.25, -0.2) is 4.39 Å². The molecule has 0 aliphatic rings. The standard InChI is InChI=1S/C54H56FN5O7/c1-35(43-10-6-5-7-11-43)56-54(65)50(31-42-9-8-12-46(29-42)58-37(3)61)60-52(63)33-40-19-27-48(28-20-40)67-34-41-13-21-44(22-14-41)36(2)57-53(64)49(30-38-15-23-45(55)24-16-38)59-51(62)32-39-17-25-47(66-4)26-18-39/h5-29,35-36,49-50H,30-34H2,1-4H3,(H,56,65)(H,57,64)(H,58,61)(H,59,62)(H,60,63)/t35-,36-,49+,50+/m0/s1. The minimum Gasteiger partial charge on any atom is -0.497 e. The highest BCUT2D eigenvalue weighted by atomic mass is 19.1. The van der Waals surface area contributed by atoms with Gasteiger partial charge in [-0.3, -0.25) is 24.0 Å². The summed E-state index contributed by atoms with van der Waals surface area (Å²) >= 11 is 0. The average Bonchev–Trinajstić information content (AvgIpc) is 3.32. The maximum absolute atomic E-state index is 13.7. The minimum atomic E-state index is -0.906. The molecule has 0 bridgehead atoms. The second-order valence-corrected chi connectivity index (χ2v) is 16.4. The van der Waals surface area contributed by atoms with Gasteiger partial charge in [0.15, 0.2) is 0 Å². The van der Waals surface area contributed by atoms with E-state index in [-0.39, 0.29) is 67.9 Å². The quantitative estimate of drug-likeness (QED) is 0.0495. The summed E-state index contributed by atoms with van der Waals surface area (Å²) in [4.78, 5) is 65.5. The van der Waals surface area contributed by atoms with Gasteiger partial charge < -0.3 is 36.1 Å². The number of nitrogens with one attached hydrogen (secondary N) is 5. The number of benzene rings is 6. The fourth-order valence-corrected chi connectivity index (χ4v) is 7.40. The van der Waals surface area contributed by atoms with Gasteiger partial charge in [0, 0.05) is 25.5 Å². The number of anilines is 1. The Bertz CT molecular complexity index is 2590. The predicted octanol–water partition coefficient (Wildman–Crippen LogP) is 7.67. The minimum absolute atomic E-state index is 0.0312. The van der Waals surface area contributed by atoms with Crippen molar-refractivity contribution in [3.8, 4) is 11.5 Å². The first-order valence-corrected chi connectivity index (χ1v) is 22.1. The van der Waals surface area contributed by atoms with E-state index < -0.39 is 23.9 Å². The summed E-state index contributed by atoms with van der Waals surface area (Å²) in [6, 6.07) is 42.0. The topological polar surface area (TPSA) is 164 Å². The van der Waals surface area contributed by atoms with E-state index in [4.69, 9.17) is 9.47 Å². The van der Waals surface area contributed by atoms with Crippen molar-refractivity contribution in [3.05, 3.63) is 196 Å². The van der Waals surface area contributed by atoms with Crippen molar-refractivity contribution in [3.63, 3.8) is 0 Å². The molecule has 0 heterocycles. The largest absolute Gasteiger partial charge is 0.497 e. The summed E-state index contributed by atoms with van der Waals surface area (Å²) in [6.07, 6.45) is 0.475. The zero-order valence-corrected chi connectivity index (χ0v) is 38.0. The van der Waals surface area contributed by atoms with Crippen molar-refractivity contribution < 1.29 is 37.8 Å². The first kappa shape index (κ1) is 48.7. The maximum atomic E-state index is 13.7. The molecule has 0 radical (unpaired) electrons. The molecule has 6 aromatic carbocycles. The molecule has 0 unspecified atom stereocenters. The molecule has 0 aliphatic carbocycles. The normalized spacial score (nSPS) is 12.6. The van der Waals surface area contributed by atoms with Crippen molar-refractivity contribution in [2.24, 2.45) is 0 Å². The Morgan fingerprint density at radius 2 is 1.01 bits per heavy atom. The number of rotatable bonds is 21. The van der Waals surface area contributed by atoms with Gasteiger partial charge in [0.05, 0.1) is 32.0 Å². The smallest absolute Gasteiger partial charge is 0.243 e. The predicted molar refractivity (Wildman–Crippen MR) is 256 cm³/mol. The number of ether oxygens (including phenoxy) is 2. The third-order valence-electron chi connectivity index (χ3n) is 11.1. The molecule has 0 saturated heterocycles. The first-order chi connectivity index (χ1) is 32.3. The molecule has 0 fully saturated rings. The third kappa shape index (κ3) is 15.4. The molecule has 13 heteroatoms. The van der Waals surface area contributed by atoms with Gasteiger partial charge in [-0.15, -0.1) is 0 Å². The van der Waals surface area contributed by atoms with E-state index in [0.717, 1.165) is 33.4 Å². The van der Waals surface area contributed by atoms with Crippen LogP contribution in [-0.2, 0) is 56.3 Å². The van der Waals surface area contributed by atoms with Crippen molar-refractivity contribution in [1.29, 1.82) is 0 Å². The Balaban J connectivity index is 1.01. The van der Waals surface area contributed by atoms with Crippen molar-refractivity contribution in [2.75, 3.05) is 12.4 Å². The molecule has 0 aromatic heterocycles. The molecule has 6 aromatic rings. The number of hydrogen-bond donors (Lipinski definition) is 5. The second-order valence-electron chi connectivity index (χ2n) is 16.4. The van der Waals surface area contributed by atoms with Gasteiger partial charge in [0.25, 0.3) is 0 Å². The lowest BCUT2D eigenvalue weighted by Gasteiger charge is -2.22. The van der Waals surface area contributed by atoms with E-state index in [1.54, 1.807) is 86.0 Å². The Hall–Kier alpha value is -7.80. The van der Waals surface area contributed by atoms with Crippen LogP contribution in [0.5, 0.6) is 11.5 Å². The van der Waals surface area contributed by atoms with Crippen LogP contribution in [0.4, 0.5) is 10.1 Å². The average molecular weight is 906 g/mol. The van der Waals surface area contributed by atoms with Crippen LogP contribution in [0.1, 0.15) is 71.8 Å². The van der Waals surface area contributed by atoms with E-state index in [2.05, 4.69) is 26.6 Å². The van der Waals surface area contributed by atoms with E-state index in [9.17, 15) is 28.4 Å². The lowest BCUT2D eigenvalue weighted by molar-refractivity contribution is -0.129. The van der Waals surface area contributed by atoms with E-state index in [1.807, 2.05) is 74.5 Å². The highest BCUT2D eigenvalue weighted by Crippen LogP contribution is 2.20. The molecule has 12 nitrogen and oxygen atoms in total. The van der Waals surface area contributed by atoms with Crippen LogP contribution < -0.4 is 36.1 Å². The number of hydrogen-bond acceptors (Lipinski definition) is 7. The molecule has 0 spiro atoms. The fourth-order valence-electron chi connectivity index (χ4n) is 7.40. The molecule has 0 aliphatic heterocycles. The van der Waals surface area contributed by atoms with Crippen molar-refractivity contribution >= 4 is 35.2 Å². The summed E-state index contributed by atoms with van der Waals surface area (Å²) in [6.45, 7) is 5.43. The first-order valence-electron chi connectivity index (χ1n) is 22.1. The molecule has 346 valence electrons. The van der Waals surface area contributed by atoms with Gasteiger partial charge in [-0.2, -0.15) is 0 Å². The molecular formula is C54H56FN5O7. The monoisotopic (exact) mass is 905 g/mol. The summed E-state index contributed by atoms with van der Waals surface area (Å²) in [5, 5.41) is 14.6. The van der Waals surface area contributed by atoms with E-state index in [1.165, 1.54) is 19.1 Å². The zero-order chi connectivity index (χ0) is 47.7. The van der Waals surface area contributed by atoms with Gasteiger partial charge in [0.1, 0.15) is 36.0 Å². The summed E-state index contributed by atoms with van der Waals surface area (Å²) in [5.41, 5.74) is 6.21. The Kier molecular flexibility index (Phi) is 17.4. The molecule has 0 saturated carbocycles. The van der Waals surface area contributed by atoms with Crippen LogP contribution in [0.2, 0.25) is 0 Å². The highest BCUT2D eigenvalue weighted by molar-refractivity contribution is 5.90. The molecular weight excluding hydrogens is 850 g/mol. The molecule has 6 rings (SSSR count). The Morgan fingerprint density at radius 3 is 1.55 bits per heavy atom. The Labute approximate surface area is 390 Å². The number of methoxy groups -OCH3 is 1. The molecule has 5 amide bonds. The highest BCUT2D eigenvalue weighted by Gasteiger charge is 2.25. The van der Waals surface area contributed by atoms with Gasteiger partial charge in [-0.1, -0.05) is 103 Å². The molecule has 4 atom stereocenters. The Morgan fingerprint density at radius 1 is 0.522 bits per heavy atom. The van der Waals surface area contributed by atoms with Crippen molar-refractivity contribution in [1.82, 2.24) is 21.3 Å². The van der Waals surface area contributed by atoms with E-state index >= 15 is 0 Å². The van der Waals surface area contributed by atoms with Gasteiger partial charge in [0.2, 0.25) is 29.5 Å². The molecule has 5 N–H and O–H groups in total. The van der Waals surface area contributed by atoms with E-state index in [0.29, 0.717) is 22.7 Å². The van der Waals surface area contributed by atoms with Crippen LogP contribution in [0.25, 0.3) is 0 Å². The fraction of sp³-hybridized carbons (Fsp3) is 0.241. The summed E-state index contributed by atoms with van der Waals surface area (Å²) in [5.74, 6) is -0.708. The number of carbonyl (C=O) groups excluding carboxylic acids is 5. The number of amides is 5. The van der Waals surface area contributed by atoms with Crippen LogP contribution in [0, 0.1) is 5.82 Å². The third-order valence-corrected chi connectivity index (χ3v) is 11.1. The number of carbonyl (C=O) groups is 5. The van der Waals surface area contributed by atoms with Crippen LogP contribution >= 0.6 is 0 Å². The van der Waals surface area contributed by atoms with Gasteiger partial charge in [-0.05, 0) is 101 Å². The maximum Gasteiger partial charge on any atom is 0.243 e. The van der Waals surface area contributed by atoms with Crippen LogP contribution in [0.3, 0.4) is 0 Å². The van der Waals surface area contributed by atoms with Crippen molar-refractivity contribution in [2.45, 2.75) is 77.2 Å². The SMILES string of the molecule is COc1ccc(CC(=O)N[C@H](Cc2ccc(F)cc2)C(=O)N[C@@H](C)c2ccc(COc3ccc(CC(=O)N[C@H](Cc4cccc(NC(C)=O)c4)C(=O)N[C@@H](C)c4ccccc4)cc3)cc2)cc1. The lowest BCUT2D eigenvalue weighted by Crippen LogP contribution is -2.49. The second kappa shape index (κ2) is 23.9. The molecule has 67 heavy (non-hydrogen) atoms. The summed E-state index contributed by atoms with van der Waals surface area (Å²) in [7, 11) is 1.57. The lowest BCUT2D eigenvalue weighted by atomic mass is 10.0. The van der Waals surface area contributed by atoms with Gasteiger partial charge >= 0.3 is 0 Å².